The molecule has 1 saturated heterocycles. The quantitative estimate of drug-likeness (QED) is 0.225. The highest BCUT2D eigenvalue weighted by Gasteiger charge is 2.54. The number of ether oxygens (including phenoxy) is 3. The molecule has 3 aliphatic heterocycles. The highest BCUT2D eigenvalue weighted by atomic mass is 16.6. The molecule has 7 N–H and O–H groups in total. The molecule has 304 valence electrons. The molecule has 4 heterocycles. The number of aryl methyl sites for hydroxylation is 2. The minimum Gasteiger partial charge on any atom is -0.493 e. The molecule has 2 aromatic rings. The lowest BCUT2D eigenvalue weighted by atomic mass is 9.81. The smallest absolute Gasteiger partial charge is 0.336 e. The van der Waals surface area contributed by atoms with Gasteiger partial charge >= 0.3 is 5.97 Å². The summed E-state index contributed by atoms with van der Waals surface area (Å²) in [6.45, 7) is 4.01. The van der Waals surface area contributed by atoms with Gasteiger partial charge in [0.25, 0.3) is 5.91 Å². The van der Waals surface area contributed by atoms with Crippen molar-refractivity contribution in [2.45, 2.75) is 133 Å². The molecule has 4 bridgehead atoms. The van der Waals surface area contributed by atoms with Crippen molar-refractivity contribution in [1.29, 1.82) is 0 Å². The van der Waals surface area contributed by atoms with Gasteiger partial charge in [-0.15, -0.1) is 5.10 Å². The maximum atomic E-state index is 13.4. The second-order valence-electron chi connectivity index (χ2n) is 15.0. The van der Waals surface area contributed by atoms with Crippen molar-refractivity contribution >= 4 is 23.7 Å². The summed E-state index contributed by atoms with van der Waals surface area (Å²) in [4.78, 5) is 51.7. The molecule has 2 fully saturated rings. The van der Waals surface area contributed by atoms with E-state index in [1.807, 2.05) is 0 Å². The maximum absolute atomic E-state index is 13.4. The Morgan fingerprint density at radius 1 is 0.964 bits per heavy atom. The number of aliphatic hydroxyl groups is 3. The topological polar surface area (TPSA) is 244 Å². The van der Waals surface area contributed by atoms with Crippen LogP contribution in [0, 0.1) is 13.8 Å². The molecule has 1 saturated carbocycles. The third kappa shape index (κ3) is 11.2. The molecular formula is C38H56N6O11. The Hall–Kier alpha value is -4.16. The number of hydrogen-bond donors (Lipinski definition) is 7. The van der Waals surface area contributed by atoms with Gasteiger partial charge in [-0.3, -0.25) is 14.4 Å². The number of aliphatic carboxylic acids is 1. The SMILES string of the molecule is Cc1cc2cc(C)c1OCCCNC(=O)CCOCCCCC1(C(=O)O)C[C@H](O)C(NC(=O)Cn3cc(C4CCCCC4)nn3)C(O1)[C@H](O)C(O)CNC2=O. The van der Waals surface area contributed by atoms with Gasteiger partial charge in [0.05, 0.1) is 37.2 Å². The monoisotopic (exact) mass is 772 g/mol. The predicted octanol–water partition coefficient (Wildman–Crippen LogP) is 1.03. The van der Waals surface area contributed by atoms with Gasteiger partial charge in [0.15, 0.2) is 5.60 Å². The molecule has 4 aliphatic rings. The van der Waals surface area contributed by atoms with Crippen molar-refractivity contribution in [2.75, 3.05) is 32.9 Å². The molecule has 3 amide bonds. The first-order valence-electron chi connectivity index (χ1n) is 19.4. The number of rotatable bonds is 5. The van der Waals surface area contributed by atoms with Crippen LogP contribution in [0.2, 0.25) is 0 Å². The standard InChI is InChI=1S/C38H56N6O11/c1-23-17-26-18-24(2)34(23)54-15-8-13-39-30(47)11-16-53-14-7-6-12-38(37(51)52)19-28(45)32(35(55-38)33(49)29(46)20-40-36(26)50)41-31(48)22-44-21-27(42-43-44)25-9-4-3-5-10-25/h17-18,21,25,28-29,32-33,35,45-46,49H,3-16,19-20,22H2,1-2H3,(H,39,47)(H,40,50)(H,41,48)(H,51,52)/t28-,29?,32?,33+,35?,38?/m0/s1. The average Bonchev–Trinajstić information content (AvgIpc) is 3.62. The molecule has 0 radical (unpaired) electrons. The van der Waals surface area contributed by atoms with Crippen molar-refractivity contribution < 1.29 is 53.8 Å². The molecule has 55 heavy (non-hydrogen) atoms. The van der Waals surface area contributed by atoms with Crippen LogP contribution in [0.15, 0.2) is 18.3 Å². The molecule has 6 atom stereocenters. The third-order valence-corrected chi connectivity index (χ3v) is 10.7. The Morgan fingerprint density at radius 2 is 1.71 bits per heavy atom. The van der Waals surface area contributed by atoms with Gasteiger partial charge in [-0.05, 0) is 75.6 Å². The molecular weight excluding hydrogens is 716 g/mol. The van der Waals surface area contributed by atoms with E-state index in [2.05, 4.69) is 26.3 Å². The Morgan fingerprint density at radius 3 is 2.44 bits per heavy atom. The van der Waals surface area contributed by atoms with Gasteiger partial charge in [-0.1, -0.05) is 24.5 Å². The van der Waals surface area contributed by atoms with Crippen LogP contribution in [-0.2, 0) is 30.4 Å². The average molecular weight is 773 g/mol. The summed E-state index contributed by atoms with van der Waals surface area (Å²) in [5, 5.41) is 61.1. The van der Waals surface area contributed by atoms with Gasteiger partial charge in [-0.25, -0.2) is 9.48 Å². The number of carboxylic acid groups (broad SMARTS) is 1. The summed E-state index contributed by atoms with van der Waals surface area (Å²) in [5.41, 5.74) is 0.487. The highest BCUT2D eigenvalue weighted by molar-refractivity contribution is 5.95. The molecule has 4 unspecified atom stereocenters. The molecule has 17 heteroatoms. The zero-order valence-corrected chi connectivity index (χ0v) is 31.7. The minimum atomic E-state index is -1.99. The number of aromatic nitrogens is 3. The van der Waals surface area contributed by atoms with Crippen LogP contribution >= 0.6 is 0 Å². The molecule has 6 rings (SSSR count). The summed E-state index contributed by atoms with van der Waals surface area (Å²) in [5.74, 6) is -1.84. The number of aliphatic hydroxyl groups excluding tert-OH is 3. The van der Waals surface area contributed by atoms with Crippen LogP contribution in [0.1, 0.15) is 104 Å². The van der Waals surface area contributed by atoms with Crippen LogP contribution in [0.4, 0.5) is 0 Å². The third-order valence-electron chi connectivity index (χ3n) is 10.7. The first-order chi connectivity index (χ1) is 26.4. The number of fused-ring (bicyclic) bond motifs is 18. The van der Waals surface area contributed by atoms with E-state index in [9.17, 15) is 39.6 Å². The first kappa shape index (κ1) is 42.0. The Kier molecular flexibility index (Phi) is 15.0. The Labute approximate surface area is 320 Å². The van der Waals surface area contributed by atoms with Gasteiger partial charge in [0, 0.05) is 50.2 Å². The lowest BCUT2D eigenvalue weighted by Crippen LogP contribution is -2.67. The van der Waals surface area contributed by atoms with Crippen molar-refractivity contribution in [3.63, 3.8) is 0 Å². The molecule has 1 aliphatic carbocycles. The Balaban J connectivity index is 1.34. The van der Waals surface area contributed by atoms with E-state index < -0.39 is 66.8 Å². The second kappa shape index (κ2) is 19.6. The van der Waals surface area contributed by atoms with Crippen molar-refractivity contribution in [3.8, 4) is 5.75 Å². The number of nitrogens with one attached hydrogen (secondary N) is 3. The zero-order chi connectivity index (χ0) is 39.5. The zero-order valence-electron chi connectivity index (χ0n) is 31.7. The van der Waals surface area contributed by atoms with E-state index in [0.717, 1.165) is 31.4 Å². The van der Waals surface area contributed by atoms with Gasteiger partial charge in [0.2, 0.25) is 11.8 Å². The predicted molar refractivity (Wildman–Crippen MR) is 196 cm³/mol. The fraction of sp³-hybridized carbons (Fsp3) is 0.684. The number of hydrogen-bond acceptors (Lipinski definition) is 12. The summed E-state index contributed by atoms with van der Waals surface area (Å²) in [7, 11) is 0. The fourth-order valence-electron chi connectivity index (χ4n) is 7.68. The van der Waals surface area contributed by atoms with Crippen molar-refractivity contribution in [2.24, 2.45) is 0 Å². The summed E-state index contributed by atoms with van der Waals surface area (Å²) in [6, 6.07) is 1.92. The van der Waals surface area contributed by atoms with Crippen molar-refractivity contribution in [1.82, 2.24) is 30.9 Å². The molecule has 0 spiro atoms. The van der Waals surface area contributed by atoms with Gasteiger partial charge in [-0.2, -0.15) is 0 Å². The van der Waals surface area contributed by atoms with E-state index in [0.29, 0.717) is 42.9 Å². The number of amides is 3. The summed E-state index contributed by atoms with van der Waals surface area (Å²) >= 11 is 0. The van der Waals surface area contributed by atoms with E-state index >= 15 is 0 Å². The van der Waals surface area contributed by atoms with E-state index in [1.165, 1.54) is 11.1 Å². The fourth-order valence-corrected chi connectivity index (χ4v) is 7.68. The number of nitrogens with zero attached hydrogens (tertiary/aromatic N) is 3. The van der Waals surface area contributed by atoms with E-state index in [4.69, 9.17) is 14.2 Å². The minimum absolute atomic E-state index is 0.0837. The lowest BCUT2D eigenvalue weighted by Gasteiger charge is -2.47. The normalized spacial score (nSPS) is 28.5. The number of benzene rings is 1. The van der Waals surface area contributed by atoms with Gasteiger partial charge in [0.1, 0.15) is 24.5 Å². The number of carboxylic acids is 1. The van der Waals surface area contributed by atoms with Crippen LogP contribution in [0.5, 0.6) is 5.75 Å². The van der Waals surface area contributed by atoms with Crippen molar-refractivity contribution in [3.05, 3.63) is 40.7 Å². The summed E-state index contributed by atoms with van der Waals surface area (Å²) in [6.07, 6.45) is 1.33. The summed E-state index contributed by atoms with van der Waals surface area (Å²) < 4.78 is 19.1. The number of carbonyl (C=O) groups is 4. The molecule has 1 aromatic carbocycles. The van der Waals surface area contributed by atoms with Crippen LogP contribution in [-0.4, -0.2) is 128 Å². The van der Waals surface area contributed by atoms with Crippen LogP contribution in [0.3, 0.4) is 0 Å². The van der Waals surface area contributed by atoms with Gasteiger partial charge < -0.3 is 50.6 Å². The molecule has 1 aromatic heterocycles. The number of carbonyl (C=O) groups excluding carboxylic acids is 3. The van der Waals surface area contributed by atoms with Crippen LogP contribution < -0.4 is 20.7 Å². The first-order valence-corrected chi connectivity index (χ1v) is 19.4. The Bertz CT molecular complexity index is 1610. The highest BCUT2D eigenvalue weighted by Crippen LogP contribution is 2.36. The molecule has 17 nitrogen and oxygen atoms in total. The second-order valence-corrected chi connectivity index (χ2v) is 15.0. The maximum Gasteiger partial charge on any atom is 0.336 e. The van der Waals surface area contributed by atoms with Crippen LogP contribution in [0.25, 0.3) is 0 Å². The van der Waals surface area contributed by atoms with E-state index in [-0.39, 0.29) is 56.4 Å². The van der Waals surface area contributed by atoms with E-state index in [1.54, 1.807) is 32.2 Å². The largest absolute Gasteiger partial charge is 0.493 e. The lowest BCUT2D eigenvalue weighted by molar-refractivity contribution is -0.229.